The van der Waals surface area contributed by atoms with Crippen molar-refractivity contribution in [2.75, 3.05) is 21.3 Å². The van der Waals surface area contributed by atoms with Gasteiger partial charge in [0.1, 0.15) is 0 Å². The van der Waals surface area contributed by atoms with E-state index in [1.165, 1.54) is 63.7 Å². The van der Waals surface area contributed by atoms with Crippen molar-refractivity contribution in [2.24, 2.45) is 16.2 Å². The van der Waals surface area contributed by atoms with Gasteiger partial charge in [-0.15, -0.1) is 0 Å². The molecule has 0 spiro atoms. The lowest BCUT2D eigenvalue weighted by molar-refractivity contribution is -0.153. The van der Waals surface area contributed by atoms with Gasteiger partial charge in [0.2, 0.25) is 0 Å². The summed E-state index contributed by atoms with van der Waals surface area (Å²) >= 11 is 0. The Morgan fingerprint density at radius 2 is 0.705 bits per heavy atom. The number of unbranched alkanes of at least 4 members (excludes halogenated alkanes) is 2. The molecule has 3 aromatic carbocycles. The summed E-state index contributed by atoms with van der Waals surface area (Å²) in [6.07, 6.45) is 19.7. The molecule has 0 fully saturated rings. The van der Waals surface area contributed by atoms with Crippen molar-refractivity contribution in [3.63, 3.8) is 0 Å². The fraction of sp³-hybridized carbons (Fsp3) is 0.681. The maximum Gasteiger partial charge on any atom is 0.311 e. The molecule has 0 aliphatic heterocycles. The number of allylic oxidation sites excluding steroid dienone is 2. The molecule has 0 aliphatic rings. The number of hydrogen-bond acceptors (Lipinski definition) is 6. The molecule has 78 heavy (non-hydrogen) atoms. The lowest BCUT2D eigenvalue weighted by Gasteiger charge is -2.27. The van der Waals surface area contributed by atoms with Gasteiger partial charge in [0.15, 0.2) is 0 Å². The van der Waals surface area contributed by atoms with Gasteiger partial charge in [0.05, 0.1) is 37.6 Å². The van der Waals surface area contributed by atoms with E-state index >= 15 is 0 Å². The highest BCUT2D eigenvalue weighted by molar-refractivity contribution is 5.77. The van der Waals surface area contributed by atoms with Crippen LogP contribution in [0.15, 0.2) is 103 Å². The van der Waals surface area contributed by atoms with Crippen LogP contribution in [0.25, 0.3) is 0 Å². The van der Waals surface area contributed by atoms with E-state index in [9.17, 15) is 14.4 Å². The molecule has 0 aromatic heterocycles. The van der Waals surface area contributed by atoms with E-state index in [1.807, 2.05) is 39.8 Å². The molecule has 6 unspecified atom stereocenters. The SMILES string of the molecule is C.C.C.C.C.C.C.C.C.C.C.C.C.C.C.C.CC/C=C\CC(CCC(C)(CC)C(=O)OC)c1ccccc1.CCC(C)(CCC(C)c1ccccc1)C(=O)OC.CCCCCC(CCC(C)(CC)C(=O)OC)c1ccccc1. The van der Waals surface area contributed by atoms with E-state index in [-0.39, 0.29) is 153 Å². The van der Waals surface area contributed by atoms with Gasteiger partial charge in [0.25, 0.3) is 0 Å². The van der Waals surface area contributed by atoms with Crippen LogP contribution in [0.3, 0.4) is 0 Å². The van der Waals surface area contributed by atoms with Crippen LogP contribution in [0, 0.1) is 16.2 Å². The number of carbonyl (C=O) groups excluding carboxylic acids is 3. The first-order chi connectivity index (χ1) is 29.7. The lowest BCUT2D eigenvalue weighted by Crippen LogP contribution is -2.29. The van der Waals surface area contributed by atoms with Gasteiger partial charge in [-0.05, 0) is 132 Å². The number of carbonyl (C=O) groups is 3. The van der Waals surface area contributed by atoms with Crippen LogP contribution in [0.4, 0.5) is 0 Å². The average Bonchev–Trinajstić information content (AvgIpc) is 3.32. The summed E-state index contributed by atoms with van der Waals surface area (Å²) in [6, 6.07) is 31.8. The number of esters is 3. The van der Waals surface area contributed by atoms with E-state index in [2.05, 4.69) is 126 Å². The Balaban J connectivity index is -0.0000000481. The fourth-order valence-corrected chi connectivity index (χ4v) is 7.89. The molecular weight excluding hydrogens is 961 g/mol. The smallest absolute Gasteiger partial charge is 0.311 e. The maximum absolute atomic E-state index is 12.1. The summed E-state index contributed by atoms with van der Waals surface area (Å²) < 4.78 is 14.9. The molecule has 6 atom stereocenters. The van der Waals surface area contributed by atoms with Gasteiger partial charge in [-0.25, -0.2) is 0 Å². The summed E-state index contributed by atoms with van der Waals surface area (Å²) in [6.45, 7) is 18.8. The maximum atomic E-state index is 12.1. The average molecular weight is 1110 g/mol. The molecule has 0 radical (unpaired) electrons. The van der Waals surface area contributed by atoms with Gasteiger partial charge in [-0.3, -0.25) is 14.4 Å². The zero-order valence-electron chi connectivity index (χ0n) is 41.1. The minimum absolute atomic E-state index is 0. The number of ether oxygens (including phenoxy) is 3. The second-order valence-corrected chi connectivity index (χ2v) is 18.0. The predicted octanol–water partition coefficient (Wildman–Crippen LogP) is 25.6. The van der Waals surface area contributed by atoms with Crippen LogP contribution in [-0.4, -0.2) is 39.2 Å². The molecule has 0 bridgehead atoms. The Morgan fingerprint density at radius 3 is 1.00 bits per heavy atom. The second-order valence-electron chi connectivity index (χ2n) is 18.0. The number of benzene rings is 3. The van der Waals surface area contributed by atoms with Crippen LogP contribution in [0.1, 0.15) is 312 Å². The summed E-state index contributed by atoms with van der Waals surface area (Å²) in [4.78, 5) is 35.9. The normalized spacial score (nSPS) is 12.3. The third kappa shape index (κ3) is 41.8. The molecule has 6 nitrogen and oxygen atoms in total. The van der Waals surface area contributed by atoms with E-state index < -0.39 is 0 Å². The first kappa shape index (κ1) is 117. The molecule has 0 aliphatic carbocycles. The van der Waals surface area contributed by atoms with Crippen molar-refractivity contribution in [2.45, 2.75) is 295 Å². The van der Waals surface area contributed by atoms with Gasteiger partial charge >= 0.3 is 17.9 Å². The first-order valence-electron chi connectivity index (χ1n) is 23.7. The van der Waals surface area contributed by atoms with Crippen molar-refractivity contribution in [3.05, 3.63) is 120 Å². The largest absolute Gasteiger partial charge is 0.469 e. The predicted molar refractivity (Wildman–Crippen MR) is 368 cm³/mol. The first-order valence-corrected chi connectivity index (χ1v) is 23.7. The van der Waals surface area contributed by atoms with Gasteiger partial charge in [-0.1, -0.05) is 283 Å². The van der Waals surface area contributed by atoms with Crippen molar-refractivity contribution in [1.29, 1.82) is 0 Å². The Kier molecular flexibility index (Phi) is 98.1. The third-order valence-electron chi connectivity index (χ3n) is 13.5. The minimum atomic E-state index is -0.379. The number of hydrogen-bond donors (Lipinski definition) is 0. The molecule has 0 saturated heterocycles. The monoisotopic (exact) mass is 1110 g/mol. The summed E-state index contributed by atoms with van der Waals surface area (Å²) in [5.74, 6) is 1.22. The Hall–Kier alpha value is -4.19. The molecule has 474 valence electrons. The number of methoxy groups -OCH3 is 3. The van der Waals surface area contributed by atoms with E-state index in [0.717, 1.165) is 70.6 Å². The second kappa shape index (κ2) is 65.3. The topological polar surface area (TPSA) is 78.9 Å². The summed E-state index contributed by atoms with van der Waals surface area (Å²) in [7, 11) is 4.44. The van der Waals surface area contributed by atoms with Crippen LogP contribution in [0.2, 0.25) is 0 Å². The lowest BCUT2D eigenvalue weighted by atomic mass is 9.78. The molecule has 3 rings (SSSR count). The van der Waals surface area contributed by atoms with E-state index in [4.69, 9.17) is 14.2 Å². The molecule has 3 aromatic rings. The minimum Gasteiger partial charge on any atom is -0.469 e. The molecule has 0 saturated carbocycles. The number of rotatable bonds is 25. The molecule has 6 heteroatoms. The Bertz CT molecular complexity index is 1660. The summed E-state index contributed by atoms with van der Waals surface area (Å²) in [5, 5.41) is 0. The van der Waals surface area contributed by atoms with Gasteiger partial charge in [0, 0.05) is 0 Å². The third-order valence-corrected chi connectivity index (χ3v) is 13.5. The van der Waals surface area contributed by atoms with Crippen molar-refractivity contribution < 1.29 is 28.6 Å². The highest BCUT2D eigenvalue weighted by Crippen LogP contribution is 2.37. The summed E-state index contributed by atoms with van der Waals surface area (Å²) in [5.41, 5.74) is 3.01. The van der Waals surface area contributed by atoms with Crippen molar-refractivity contribution >= 4 is 17.9 Å². The van der Waals surface area contributed by atoms with Crippen molar-refractivity contribution in [3.8, 4) is 0 Å². The molecule has 0 heterocycles. The van der Waals surface area contributed by atoms with Crippen molar-refractivity contribution in [1.82, 2.24) is 0 Å². The quantitative estimate of drug-likeness (QED) is 0.0364. The molecule has 0 amide bonds. The fourth-order valence-electron chi connectivity index (χ4n) is 7.89. The van der Waals surface area contributed by atoms with Crippen LogP contribution < -0.4 is 0 Å². The van der Waals surface area contributed by atoms with Gasteiger partial charge in [-0.2, -0.15) is 0 Å². The van der Waals surface area contributed by atoms with E-state index in [1.54, 1.807) is 0 Å². The van der Waals surface area contributed by atoms with Crippen LogP contribution >= 0.6 is 0 Å². The standard InChI is InChI=1S/C20H32O2.C20H30O2.C16H24O2.16CH4/c2*1-5-7-9-12-18(17-13-10-8-11-14-17)15-16-20(3,6-2)19(21)22-4;1-5-16(3,15(17)18-4)12-11-13(2)14-9-7-6-8-10-14;;;;;;;;;;;;;;;;/h8,10-11,13-14,18H,5-7,9,12,15-16H2,1-4H3;7-11,13-14,18H,5-6,12,15-16H2,1-4H3;6-10,13H,5,11-12H2,1-4H3;16*1H4/b;9-7-;;;;;;;;;;;;;;;;;. The highest BCUT2D eigenvalue weighted by Gasteiger charge is 2.35. The zero-order chi connectivity index (χ0) is 46.4. The Morgan fingerprint density at radius 1 is 0.410 bits per heavy atom. The molecule has 0 N–H and O–H groups in total. The van der Waals surface area contributed by atoms with Gasteiger partial charge < -0.3 is 14.2 Å². The van der Waals surface area contributed by atoms with Crippen LogP contribution in [-0.2, 0) is 28.6 Å². The van der Waals surface area contributed by atoms with E-state index in [0.29, 0.717) is 17.8 Å². The Labute approximate surface area is 496 Å². The molecular formula is C72H150O6. The zero-order valence-corrected chi connectivity index (χ0v) is 41.1. The van der Waals surface area contributed by atoms with Crippen LogP contribution in [0.5, 0.6) is 0 Å². The highest BCUT2D eigenvalue weighted by atomic mass is 16.5.